The van der Waals surface area contributed by atoms with Gasteiger partial charge in [0.15, 0.2) is 5.79 Å². The fourth-order valence-corrected chi connectivity index (χ4v) is 9.64. The molecule has 6 rings (SSSR count). The third-order valence-corrected chi connectivity index (χ3v) is 11.4. The third-order valence-electron chi connectivity index (χ3n) is 10.4. The highest BCUT2D eigenvalue weighted by molar-refractivity contribution is 7.11. The highest BCUT2D eigenvalue weighted by atomic mass is 32.1. The number of hydrogen-bond acceptors (Lipinski definition) is 6. The van der Waals surface area contributed by atoms with Crippen molar-refractivity contribution in [3.63, 3.8) is 0 Å². The molecule has 0 radical (unpaired) electrons. The molecule has 4 N–H and O–H groups in total. The molecule has 170 valence electrons. The van der Waals surface area contributed by atoms with Gasteiger partial charge in [0.2, 0.25) is 0 Å². The normalized spacial score (nSPS) is 52.2. The minimum Gasteiger partial charge on any atom is -0.344 e. The SMILES string of the molecule is C=C1CC[C@@]2(N)C3[C@H]4OC(C)(C)O[C@@H]4[C@@]4(N)Cc5nc(C)sc5C[C@]4(C)[C@H]3CC[C@]12C. The summed E-state index contributed by atoms with van der Waals surface area (Å²) in [6.45, 7) is 15.4. The van der Waals surface area contributed by atoms with Gasteiger partial charge in [-0.25, -0.2) is 4.98 Å². The number of rotatable bonds is 0. The van der Waals surface area contributed by atoms with E-state index in [9.17, 15) is 0 Å². The molecule has 1 aromatic rings. The molecule has 6 heteroatoms. The standard InChI is InChI=1S/C25H37N3O2S/c1-13-7-10-24(26)18-15(8-9-22(13,24)5)23(6)12-17-16(28-14(2)31-17)11-25(23,27)20-19(18)29-21(3,4)30-20/h15,18-20H,1,7-12,26-27H2,2-6H3/t15-,18?,19+,20-,22+,23+,24+,25-/m0/s1. The molecule has 3 saturated carbocycles. The summed E-state index contributed by atoms with van der Waals surface area (Å²) in [5, 5.41) is 1.13. The summed E-state index contributed by atoms with van der Waals surface area (Å²) < 4.78 is 13.4. The number of hydrogen-bond donors (Lipinski definition) is 2. The van der Waals surface area contributed by atoms with Crippen LogP contribution in [0.1, 0.15) is 69.0 Å². The largest absolute Gasteiger partial charge is 0.344 e. The van der Waals surface area contributed by atoms with Gasteiger partial charge in [-0.15, -0.1) is 11.3 Å². The zero-order valence-corrected chi connectivity index (χ0v) is 20.4. The number of aromatic nitrogens is 1. The number of aryl methyl sites for hydroxylation is 1. The molecule has 0 amide bonds. The van der Waals surface area contributed by atoms with E-state index in [1.165, 1.54) is 16.1 Å². The van der Waals surface area contributed by atoms with Gasteiger partial charge in [-0.2, -0.15) is 0 Å². The quantitative estimate of drug-likeness (QED) is 0.595. The lowest BCUT2D eigenvalue weighted by molar-refractivity contribution is -0.179. The van der Waals surface area contributed by atoms with E-state index >= 15 is 0 Å². The Hall–Kier alpha value is -0.790. The van der Waals surface area contributed by atoms with Crippen molar-refractivity contribution in [2.24, 2.45) is 34.1 Å². The third kappa shape index (κ3) is 2.29. The van der Waals surface area contributed by atoms with Crippen molar-refractivity contribution in [1.82, 2.24) is 4.98 Å². The molecule has 5 nitrogen and oxygen atoms in total. The summed E-state index contributed by atoms with van der Waals surface area (Å²) >= 11 is 1.84. The summed E-state index contributed by atoms with van der Waals surface area (Å²) in [6, 6.07) is 0. The summed E-state index contributed by atoms with van der Waals surface area (Å²) in [5.74, 6) is -0.0411. The van der Waals surface area contributed by atoms with Crippen molar-refractivity contribution >= 4 is 11.3 Å². The van der Waals surface area contributed by atoms with Crippen LogP contribution < -0.4 is 11.5 Å². The van der Waals surface area contributed by atoms with E-state index in [0.29, 0.717) is 5.92 Å². The number of nitrogens with two attached hydrogens (primary N) is 2. The highest BCUT2D eigenvalue weighted by Gasteiger charge is 2.75. The maximum Gasteiger partial charge on any atom is 0.163 e. The van der Waals surface area contributed by atoms with Crippen LogP contribution in [-0.4, -0.2) is 34.1 Å². The summed E-state index contributed by atoms with van der Waals surface area (Å²) in [7, 11) is 0. The summed E-state index contributed by atoms with van der Waals surface area (Å²) in [5.41, 5.74) is 16.4. The molecule has 0 spiro atoms. The van der Waals surface area contributed by atoms with Crippen LogP contribution >= 0.6 is 11.3 Å². The van der Waals surface area contributed by atoms with Gasteiger partial charge in [0.05, 0.1) is 22.3 Å². The average molecular weight is 444 g/mol. The Morgan fingerprint density at radius 3 is 2.55 bits per heavy atom. The molecule has 1 aliphatic heterocycles. The van der Waals surface area contributed by atoms with E-state index in [-0.39, 0.29) is 34.5 Å². The number of ether oxygens (including phenoxy) is 2. The molecule has 31 heavy (non-hydrogen) atoms. The van der Waals surface area contributed by atoms with Crippen LogP contribution in [0.4, 0.5) is 0 Å². The first-order chi connectivity index (χ1) is 14.3. The van der Waals surface area contributed by atoms with Crippen LogP contribution in [0.25, 0.3) is 0 Å². The molecule has 1 saturated heterocycles. The summed E-state index contributed by atoms with van der Waals surface area (Å²) in [6.07, 6.45) is 5.66. The van der Waals surface area contributed by atoms with Crippen molar-refractivity contribution in [2.75, 3.05) is 0 Å². The van der Waals surface area contributed by atoms with E-state index in [1.54, 1.807) is 0 Å². The first kappa shape index (κ1) is 20.8. The topological polar surface area (TPSA) is 83.4 Å². The van der Waals surface area contributed by atoms with Crippen molar-refractivity contribution in [1.29, 1.82) is 0 Å². The minimum atomic E-state index is -0.657. The number of fused-ring (bicyclic) bond motifs is 9. The second-order valence-corrected chi connectivity index (χ2v) is 13.4. The Morgan fingerprint density at radius 2 is 1.81 bits per heavy atom. The van der Waals surface area contributed by atoms with Gasteiger partial charge in [-0.05, 0) is 64.2 Å². The zero-order valence-electron chi connectivity index (χ0n) is 19.6. The van der Waals surface area contributed by atoms with E-state index < -0.39 is 11.3 Å². The van der Waals surface area contributed by atoms with Gasteiger partial charge in [0.1, 0.15) is 6.10 Å². The predicted octanol–water partition coefficient (Wildman–Crippen LogP) is 3.87. The van der Waals surface area contributed by atoms with Gasteiger partial charge in [-0.3, -0.25) is 0 Å². The fourth-order valence-electron chi connectivity index (χ4n) is 8.52. The fraction of sp³-hybridized carbons (Fsp3) is 0.800. The molecule has 0 bridgehead atoms. The molecular weight excluding hydrogens is 406 g/mol. The van der Waals surface area contributed by atoms with Crippen molar-refractivity contribution in [2.45, 2.75) is 102 Å². The molecule has 0 aromatic carbocycles. The molecule has 8 atom stereocenters. The van der Waals surface area contributed by atoms with E-state index in [4.69, 9.17) is 25.9 Å². The smallest absolute Gasteiger partial charge is 0.163 e. The van der Waals surface area contributed by atoms with Crippen molar-refractivity contribution in [3.05, 3.63) is 27.7 Å². The Labute approximate surface area is 190 Å². The second kappa shape index (κ2) is 5.82. The van der Waals surface area contributed by atoms with Crippen LogP contribution in [0.15, 0.2) is 12.2 Å². The van der Waals surface area contributed by atoms with Gasteiger partial charge >= 0.3 is 0 Å². The Kier molecular flexibility index (Phi) is 3.90. The van der Waals surface area contributed by atoms with E-state index in [1.807, 2.05) is 25.2 Å². The van der Waals surface area contributed by atoms with Crippen molar-refractivity contribution < 1.29 is 9.47 Å². The number of nitrogens with zero attached hydrogens (tertiary/aromatic N) is 1. The summed E-state index contributed by atoms with van der Waals surface area (Å²) in [4.78, 5) is 6.28. The van der Waals surface area contributed by atoms with Crippen LogP contribution in [0.3, 0.4) is 0 Å². The predicted molar refractivity (Wildman–Crippen MR) is 123 cm³/mol. The van der Waals surface area contributed by atoms with Crippen LogP contribution in [0, 0.1) is 29.6 Å². The molecule has 2 heterocycles. The van der Waals surface area contributed by atoms with E-state index in [0.717, 1.165) is 43.5 Å². The zero-order chi connectivity index (χ0) is 22.2. The number of thiazole rings is 1. The van der Waals surface area contributed by atoms with Gasteiger partial charge in [0, 0.05) is 28.2 Å². The maximum absolute atomic E-state index is 7.48. The molecular formula is C25H37N3O2S. The van der Waals surface area contributed by atoms with Gasteiger partial charge in [0.25, 0.3) is 0 Å². The van der Waals surface area contributed by atoms with E-state index in [2.05, 4.69) is 27.4 Å². The Bertz CT molecular complexity index is 989. The van der Waals surface area contributed by atoms with Gasteiger partial charge < -0.3 is 20.9 Å². The minimum absolute atomic E-state index is 0.0410. The average Bonchev–Trinajstić information content (AvgIpc) is 3.26. The lowest BCUT2D eigenvalue weighted by Crippen LogP contribution is -2.80. The molecule has 4 fully saturated rings. The second-order valence-electron chi connectivity index (χ2n) is 12.1. The Morgan fingerprint density at radius 1 is 1.06 bits per heavy atom. The van der Waals surface area contributed by atoms with Crippen LogP contribution in [-0.2, 0) is 22.3 Å². The lowest BCUT2D eigenvalue weighted by Gasteiger charge is -2.68. The van der Waals surface area contributed by atoms with Gasteiger partial charge in [-0.1, -0.05) is 26.0 Å². The molecule has 1 unspecified atom stereocenters. The highest BCUT2D eigenvalue weighted by Crippen LogP contribution is 2.69. The molecule has 1 aromatic heterocycles. The lowest BCUT2D eigenvalue weighted by atomic mass is 9.40. The first-order valence-corrected chi connectivity index (χ1v) is 12.7. The van der Waals surface area contributed by atoms with Crippen molar-refractivity contribution in [3.8, 4) is 0 Å². The Balaban J connectivity index is 1.55. The van der Waals surface area contributed by atoms with Crippen LogP contribution in [0.2, 0.25) is 0 Å². The monoisotopic (exact) mass is 443 g/mol. The van der Waals surface area contributed by atoms with Crippen LogP contribution in [0.5, 0.6) is 0 Å². The first-order valence-electron chi connectivity index (χ1n) is 11.9. The molecule has 5 aliphatic rings. The maximum atomic E-state index is 7.48. The molecule has 4 aliphatic carbocycles.